The molecule has 0 unspecified atom stereocenters. The number of carbonyl (C=O) groups excluding carboxylic acids is 3. The zero-order chi connectivity index (χ0) is 25.7. The molecule has 0 bridgehead atoms. The Hall–Kier alpha value is -4.33. The average molecular weight is 498 g/mol. The fourth-order valence-electron chi connectivity index (χ4n) is 5.73. The summed E-state index contributed by atoms with van der Waals surface area (Å²) in [6.07, 6.45) is 0.314. The Morgan fingerprint density at radius 2 is 1.68 bits per heavy atom. The third-order valence-electron chi connectivity index (χ3n) is 7.53. The minimum Gasteiger partial charge on any atom is -0.493 e. The molecule has 188 valence electrons. The van der Waals surface area contributed by atoms with Gasteiger partial charge in [0, 0.05) is 31.6 Å². The highest BCUT2D eigenvalue weighted by atomic mass is 16.5. The van der Waals surface area contributed by atoms with Crippen molar-refractivity contribution in [2.45, 2.75) is 25.6 Å². The minimum absolute atomic E-state index is 0.00966. The second-order valence-corrected chi connectivity index (χ2v) is 9.41. The fraction of sp³-hybridized carbons (Fsp3) is 0.276. The van der Waals surface area contributed by atoms with Gasteiger partial charge in [0.25, 0.3) is 11.8 Å². The minimum atomic E-state index is -0.667. The van der Waals surface area contributed by atoms with Crippen molar-refractivity contribution in [3.8, 4) is 11.5 Å². The molecule has 3 amide bonds. The number of fused-ring (bicyclic) bond motifs is 6. The van der Waals surface area contributed by atoms with Gasteiger partial charge in [-0.3, -0.25) is 19.3 Å². The van der Waals surface area contributed by atoms with E-state index in [1.165, 1.54) is 19.8 Å². The Kier molecular flexibility index (Phi) is 5.59. The standard InChI is InChI=1S/C29H27N3O5/c1-36-23-12-11-21-25(26(23)37-2)29(35)32-22-10-6-5-9-20(22)28(34)31(27(21)32)16-14-24(33)30-15-13-18-7-3-4-8-19(18)17-30/h3-12,27H,13-17H2,1-2H3/t27-/m1/s1. The third kappa shape index (κ3) is 3.55. The van der Waals surface area contributed by atoms with Crippen molar-refractivity contribution >= 4 is 23.4 Å². The van der Waals surface area contributed by atoms with E-state index in [4.69, 9.17) is 9.47 Å². The predicted molar refractivity (Wildman–Crippen MR) is 137 cm³/mol. The topological polar surface area (TPSA) is 79.4 Å². The van der Waals surface area contributed by atoms with Gasteiger partial charge in [-0.2, -0.15) is 0 Å². The van der Waals surface area contributed by atoms with E-state index < -0.39 is 6.17 Å². The van der Waals surface area contributed by atoms with Gasteiger partial charge in [0.1, 0.15) is 6.17 Å². The van der Waals surface area contributed by atoms with Crippen LogP contribution in [0.5, 0.6) is 11.5 Å². The largest absolute Gasteiger partial charge is 0.493 e. The van der Waals surface area contributed by atoms with Crippen molar-refractivity contribution in [1.82, 2.24) is 9.80 Å². The maximum absolute atomic E-state index is 13.8. The molecule has 0 fully saturated rings. The molecular weight excluding hydrogens is 470 g/mol. The fourth-order valence-corrected chi connectivity index (χ4v) is 5.73. The van der Waals surface area contributed by atoms with E-state index in [1.807, 2.05) is 23.1 Å². The molecule has 37 heavy (non-hydrogen) atoms. The summed E-state index contributed by atoms with van der Waals surface area (Å²) in [7, 11) is 3.02. The van der Waals surface area contributed by atoms with Gasteiger partial charge in [-0.05, 0) is 35.7 Å². The van der Waals surface area contributed by atoms with Crippen LogP contribution in [0.2, 0.25) is 0 Å². The third-order valence-corrected chi connectivity index (χ3v) is 7.53. The molecule has 8 nitrogen and oxygen atoms in total. The summed E-state index contributed by atoms with van der Waals surface area (Å²) in [6.45, 7) is 1.41. The zero-order valence-electron chi connectivity index (χ0n) is 20.8. The molecule has 0 aromatic heterocycles. The monoisotopic (exact) mass is 497 g/mol. The highest BCUT2D eigenvalue weighted by Crippen LogP contribution is 2.49. The van der Waals surface area contributed by atoms with Crippen LogP contribution in [0, 0.1) is 0 Å². The van der Waals surface area contributed by atoms with E-state index in [0.29, 0.717) is 47.0 Å². The van der Waals surface area contributed by atoms with Gasteiger partial charge in [0.2, 0.25) is 5.91 Å². The molecule has 3 heterocycles. The van der Waals surface area contributed by atoms with Crippen LogP contribution in [-0.4, -0.2) is 54.8 Å². The van der Waals surface area contributed by atoms with Crippen LogP contribution in [-0.2, 0) is 17.8 Å². The van der Waals surface area contributed by atoms with Gasteiger partial charge in [0.05, 0.1) is 31.0 Å². The summed E-state index contributed by atoms with van der Waals surface area (Å²) in [5.41, 5.74) is 4.45. The molecular formula is C29H27N3O5. The molecule has 3 aliphatic heterocycles. The molecule has 0 N–H and O–H groups in total. The van der Waals surface area contributed by atoms with Crippen molar-refractivity contribution in [2.24, 2.45) is 0 Å². The Morgan fingerprint density at radius 3 is 2.46 bits per heavy atom. The number of hydrogen-bond donors (Lipinski definition) is 0. The van der Waals surface area contributed by atoms with E-state index >= 15 is 0 Å². The van der Waals surface area contributed by atoms with Gasteiger partial charge in [0.15, 0.2) is 11.5 Å². The molecule has 1 atom stereocenters. The first kappa shape index (κ1) is 23.1. The number of amides is 3. The Bertz CT molecular complexity index is 1430. The van der Waals surface area contributed by atoms with Crippen LogP contribution in [0.3, 0.4) is 0 Å². The average Bonchev–Trinajstić information content (AvgIpc) is 3.24. The predicted octanol–water partition coefficient (Wildman–Crippen LogP) is 3.79. The second kappa shape index (κ2) is 8.96. The lowest BCUT2D eigenvalue weighted by atomic mass is 9.99. The van der Waals surface area contributed by atoms with Crippen LogP contribution >= 0.6 is 0 Å². The second-order valence-electron chi connectivity index (χ2n) is 9.41. The number of nitrogens with zero attached hydrogens (tertiary/aromatic N) is 3. The first-order valence-electron chi connectivity index (χ1n) is 12.4. The lowest BCUT2D eigenvalue weighted by molar-refractivity contribution is -0.132. The molecule has 0 saturated carbocycles. The van der Waals surface area contributed by atoms with Crippen LogP contribution in [0.4, 0.5) is 5.69 Å². The van der Waals surface area contributed by atoms with Crippen molar-refractivity contribution in [3.05, 3.63) is 88.5 Å². The number of ether oxygens (including phenoxy) is 2. The van der Waals surface area contributed by atoms with Crippen LogP contribution < -0.4 is 14.4 Å². The number of anilines is 1. The Morgan fingerprint density at radius 1 is 0.919 bits per heavy atom. The SMILES string of the molecule is COc1ccc2c(c1OC)C(=O)N1c3ccccc3C(=O)N(CCC(=O)N3CCc4ccccc4C3)[C@@H]21. The molecule has 0 saturated heterocycles. The van der Waals surface area contributed by atoms with E-state index in [9.17, 15) is 14.4 Å². The van der Waals surface area contributed by atoms with Crippen molar-refractivity contribution in [1.29, 1.82) is 0 Å². The molecule has 6 rings (SSSR count). The number of hydrogen-bond acceptors (Lipinski definition) is 5. The smallest absolute Gasteiger partial charge is 0.264 e. The maximum atomic E-state index is 13.8. The summed E-state index contributed by atoms with van der Waals surface area (Å²) in [4.78, 5) is 45.9. The van der Waals surface area contributed by atoms with Crippen LogP contribution in [0.25, 0.3) is 0 Å². The van der Waals surface area contributed by atoms with Crippen molar-refractivity contribution in [3.63, 3.8) is 0 Å². The lowest BCUT2D eigenvalue weighted by Gasteiger charge is -2.41. The van der Waals surface area contributed by atoms with Gasteiger partial charge < -0.3 is 19.3 Å². The first-order valence-corrected chi connectivity index (χ1v) is 12.4. The summed E-state index contributed by atoms with van der Waals surface area (Å²) in [6, 6.07) is 18.8. The van der Waals surface area contributed by atoms with E-state index in [2.05, 4.69) is 12.1 Å². The number of methoxy groups -OCH3 is 2. The Balaban J connectivity index is 1.33. The Labute approximate surface area is 215 Å². The zero-order valence-corrected chi connectivity index (χ0v) is 20.8. The van der Waals surface area contributed by atoms with Crippen LogP contribution in [0.1, 0.15) is 50.0 Å². The molecule has 0 aliphatic carbocycles. The van der Waals surface area contributed by atoms with E-state index in [1.54, 1.807) is 40.1 Å². The van der Waals surface area contributed by atoms with Gasteiger partial charge in [-0.25, -0.2) is 0 Å². The van der Waals surface area contributed by atoms with Gasteiger partial charge >= 0.3 is 0 Å². The summed E-state index contributed by atoms with van der Waals surface area (Å²) in [5, 5.41) is 0. The summed E-state index contributed by atoms with van der Waals surface area (Å²) >= 11 is 0. The van der Waals surface area contributed by atoms with Crippen LogP contribution in [0.15, 0.2) is 60.7 Å². The van der Waals surface area contributed by atoms with Crippen molar-refractivity contribution in [2.75, 3.05) is 32.2 Å². The number of para-hydroxylation sites is 1. The number of carbonyl (C=O) groups is 3. The molecule has 8 heteroatoms. The highest BCUT2D eigenvalue weighted by molar-refractivity contribution is 6.18. The van der Waals surface area contributed by atoms with E-state index in [0.717, 1.165) is 12.0 Å². The van der Waals surface area contributed by atoms with Crippen molar-refractivity contribution < 1.29 is 23.9 Å². The molecule has 3 aromatic carbocycles. The molecule has 3 aromatic rings. The molecule has 0 radical (unpaired) electrons. The normalized spacial score (nSPS) is 17.7. The highest BCUT2D eigenvalue weighted by Gasteiger charge is 2.49. The maximum Gasteiger partial charge on any atom is 0.264 e. The molecule has 0 spiro atoms. The van der Waals surface area contributed by atoms with Gasteiger partial charge in [-0.15, -0.1) is 0 Å². The van der Waals surface area contributed by atoms with E-state index in [-0.39, 0.29) is 30.7 Å². The number of benzene rings is 3. The van der Waals surface area contributed by atoms with Gasteiger partial charge in [-0.1, -0.05) is 42.5 Å². The summed E-state index contributed by atoms with van der Waals surface area (Å²) in [5.74, 6) is 0.307. The molecule has 3 aliphatic rings. The lowest BCUT2D eigenvalue weighted by Crippen LogP contribution is -2.49. The summed E-state index contributed by atoms with van der Waals surface area (Å²) < 4.78 is 11.0. The quantitative estimate of drug-likeness (QED) is 0.536. The first-order chi connectivity index (χ1) is 18.0. The number of rotatable bonds is 5.